The molecule has 2 heteroatoms. The van der Waals surface area contributed by atoms with E-state index in [0.29, 0.717) is 6.10 Å². The topological polar surface area (TPSA) is 21.8 Å². The van der Waals surface area contributed by atoms with Gasteiger partial charge in [0.05, 0.1) is 17.3 Å². The molecule has 0 aromatic heterocycles. The van der Waals surface area contributed by atoms with Gasteiger partial charge < -0.3 is 9.47 Å². The molecule has 0 aromatic carbocycles. The predicted octanol–water partition coefficient (Wildman–Crippen LogP) is 4.42. The zero-order chi connectivity index (χ0) is 10.8. The van der Waals surface area contributed by atoms with Crippen molar-refractivity contribution in [3.05, 3.63) is 0 Å². The summed E-state index contributed by atoms with van der Waals surface area (Å²) >= 11 is 0. The Morgan fingerprint density at radius 3 is 1.50 bits per heavy atom. The molecule has 0 radical (unpaired) electrons. The van der Waals surface area contributed by atoms with Gasteiger partial charge in [0.1, 0.15) is 0 Å². The molecular weight excluding hydrogens is 200 g/mol. The number of hydrogen-bond donors (Lipinski definition) is 0. The number of ether oxygens (including phenoxy) is 2. The minimum Gasteiger partial charge on any atom is -0.382 e. The van der Waals surface area contributed by atoms with Crippen LogP contribution in [0.3, 0.4) is 0 Å². The van der Waals surface area contributed by atoms with E-state index in [-0.39, 0.29) is 26.1 Å². The van der Waals surface area contributed by atoms with Gasteiger partial charge in [-0.3, -0.25) is 0 Å². The van der Waals surface area contributed by atoms with E-state index in [1.807, 2.05) is 13.8 Å². The highest BCUT2D eigenvalue weighted by Crippen LogP contribution is 2.56. The van der Waals surface area contributed by atoms with Crippen molar-refractivity contribution in [1.82, 2.24) is 0 Å². The third-order valence-electron chi connectivity index (χ3n) is 3.56. The Bertz CT molecular complexity index is 167. The first kappa shape index (κ1) is 18.3. The first-order chi connectivity index (χ1) is 6.43. The van der Waals surface area contributed by atoms with Gasteiger partial charge in [0, 0.05) is 7.11 Å². The van der Waals surface area contributed by atoms with Crippen LogP contribution >= 0.6 is 0 Å². The first-order valence-electron chi connectivity index (χ1n) is 5.66. The Balaban J connectivity index is 0. The molecule has 16 heavy (non-hydrogen) atoms. The van der Waals surface area contributed by atoms with Gasteiger partial charge in [0.25, 0.3) is 0 Å². The van der Waals surface area contributed by atoms with E-state index in [1.165, 1.54) is 25.7 Å². The van der Waals surface area contributed by atoms with Gasteiger partial charge in [0.2, 0.25) is 0 Å². The summed E-state index contributed by atoms with van der Waals surface area (Å²) < 4.78 is 10.4. The molecule has 1 aliphatic heterocycles. The quantitative estimate of drug-likeness (QED) is 0.624. The SMILES string of the molecule is C.C.CC12CCCCC1(C)O2.COC(C)C. The zero-order valence-electron chi connectivity index (χ0n) is 10.2. The summed E-state index contributed by atoms with van der Waals surface area (Å²) in [6.45, 7) is 8.48. The molecule has 1 saturated heterocycles. The van der Waals surface area contributed by atoms with E-state index in [9.17, 15) is 0 Å². The van der Waals surface area contributed by atoms with Crippen LogP contribution in [-0.4, -0.2) is 24.4 Å². The molecule has 0 amide bonds. The molecule has 0 aromatic rings. The van der Waals surface area contributed by atoms with Crippen LogP contribution in [0, 0.1) is 0 Å². The van der Waals surface area contributed by atoms with Crippen molar-refractivity contribution < 1.29 is 9.47 Å². The highest BCUT2D eigenvalue weighted by Gasteiger charge is 2.63. The van der Waals surface area contributed by atoms with Crippen molar-refractivity contribution in [1.29, 1.82) is 0 Å². The summed E-state index contributed by atoms with van der Waals surface area (Å²) in [5, 5.41) is 0. The molecule has 2 unspecified atom stereocenters. The summed E-state index contributed by atoms with van der Waals surface area (Å²) in [6, 6.07) is 0. The van der Waals surface area contributed by atoms with Crippen molar-refractivity contribution in [2.24, 2.45) is 0 Å². The van der Waals surface area contributed by atoms with Crippen LogP contribution < -0.4 is 0 Å². The smallest absolute Gasteiger partial charge is 0.0949 e. The zero-order valence-corrected chi connectivity index (χ0v) is 10.2. The third kappa shape index (κ3) is 4.06. The fourth-order valence-corrected chi connectivity index (χ4v) is 2.03. The number of epoxide rings is 1. The summed E-state index contributed by atoms with van der Waals surface area (Å²) in [4.78, 5) is 0. The molecule has 2 nitrogen and oxygen atoms in total. The Labute approximate surface area is 103 Å². The van der Waals surface area contributed by atoms with E-state index in [2.05, 4.69) is 13.8 Å². The largest absolute Gasteiger partial charge is 0.382 e. The van der Waals surface area contributed by atoms with Crippen molar-refractivity contribution in [3.8, 4) is 0 Å². The summed E-state index contributed by atoms with van der Waals surface area (Å²) in [5.41, 5.74) is 0.566. The average Bonchev–Trinajstić information content (AvgIpc) is 2.69. The number of fused-ring (bicyclic) bond motifs is 1. The molecule has 0 N–H and O–H groups in total. The highest BCUT2D eigenvalue weighted by atomic mass is 16.6. The normalized spacial score (nSPS) is 34.9. The van der Waals surface area contributed by atoms with Gasteiger partial charge in [-0.2, -0.15) is 0 Å². The fraction of sp³-hybridized carbons (Fsp3) is 1.00. The Kier molecular flexibility index (Phi) is 7.55. The molecule has 2 rings (SSSR count). The fourth-order valence-electron chi connectivity index (χ4n) is 2.03. The van der Waals surface area contributed by atoms with Gasteiger partial charge in [-0.1, -0.05) is 27.7 Å². The van der Waals surface area contributed by atoms with Crippen molar-refractivity contribution >= 4 is 0 Å². The maximum Gasteiger partial charge on any atom is 0.0949 e. The van der Waals surface area contributed by atoms with Gasteiger partial charge in [-0.25, -0.2) is 0 Å². The maximum absolute atomic E-state index is 5.65. The van der Waals surface area contributed by atoms with E-state index in [1.54, 1.807) is 7.11 Å². The van der Waals surface area contributed by atoms with Crippen molar-refractivity contribution in [2.45, 2.75) is 85.5 Å². The van der Waals surface area contributed by atoms with Crippen molar-refractivity contribution in [3.63, 3.8) is 0 Å². The van der Waals surface area contributed by atoms with E-state index < -0.39 is 0 Å². The van der Waals surface area contributed by atoms with E-state index >= 15 is 0 Å². The number of methoxy groups -OCH3 is 1. The van der Waals surface area contributed by atoms with Crippen LogP contribution in [0.1, 0.15) is 68.2 Å². The van der Waals surface area contributed by atoms with Crippen molar-refractivity contribution in [2.75, 3.05) is 7.11 Å². The van der Waals surface area contributed by atoms with E-state index in [0.717, 1.165) is 0 Å². The highest BCUT2D eigenvalue weighted by molar-refractivity contribution is 5.12. The van der Waals surface area contributed by atoms with Crippen LogP contribution in [0.5, 0.6) is 0 Å². The second-order valence-electron chi connectivity index (χ2n) is 5.06. The average molecular weight is 232 g/mol. The van der Waals surface area contributed by atoms with Crippen LogP contribution in [0.15, 0.2) is 0 Å². The third-order valence-corrected chi connectivity index (χ3v) is 3.56. The Hall–Kier alpha value is -0.0800. The first-order valence-corrected chi connectivity index (χ1v) is 5.66. The summed E-state index contributed by atoms with van der Waals surface area (Å²) in [5.74, 6) is 0. The van der Waals surface area contributed by atoms with Crippen LogP contribution in [0.25, 0.3) is 0 Å². The molecule has 2 fully saturated rings. The lowest BCUT2D eigenvalue weighted by atomic mass is 9.82. The Morgan fingerprint density at radius 1 is 1.00 bits per heavy atom. The van der Waals surface area contributed by atoms with Crippen LogP contribution in [-0.2, 0) is 9.47 Å². The van der Waals surface area contributed by atoms with Gasteiger partial charge >= 0.3 is 0 Å². The lowest BCUT2D eigenvalue weighted by molar-refractivity contribution is 0.134. The van der Waals surface area contributed by atoms with Gasteiger partial charge in [-0.05, 0) is 40.5 Å². The second kappa shape index (κ2) is 6.61. The van der Waals surface area contributed by atoms with Gasteiger partial charge in [0.15, 0.2) is 0 Å². The van der Waals surface area contributed by atoms with Gasteiger partial charge in [-0.15, -0.1) is 0 Å². The molecule has 1 heterocycles. The lowest BCUT2D eigenvalue weighted by Gasteiger charge is -2.17. The molecule has 2 atom stereocenters. The monoisotopic (exact) mass is 232 g/mol. The summed E-state index contributed by atoms with van der Waals surface area (Å²) in [7, 11) is 1.70. The molecule has 1 aliphatic carbocycles. The van der Waals surface area contributed by atoms with Crippen LogP contribution in [0.4, 0.5) is 0 Å². The summed E-state index contributed by atoms with van der Waals surface area (Å²) in [6.07, 6.45) is 5.68. The molecule has 1 saturated carbocycles. The second-order valence-corrected chi connectivity index (χ2v) is 5.06. The number of hydrogen-bond acceptors (Lipinski definition) is 2. The Morgan fingerprint density at radius 2 is 1.31 bits per heavy atom. The van der Waals surface area contributed by atoms with E-state index in [4.69, 9.17) is 9.47 Å². The van der Waals surface area contributed by atoms with Crippen LogP contribution in [0.2, 0.25) is 0 Å². The molecule has 0 spiro atoms. The maximum atomic E-state index is 5.65. The molecule has 2 aliphatic rings. The molecular formula is C14H32O2. The minimum absolute atomic E-state index is 0. The standard InChI is InChI=1S/C8H14O.C4H10O.2CH4/c1-7-5-3-4-6-8(7,2)9-7;1-4(2)5-3;;/h3-6H2,1-2H3;4H,1-3H3;2*1H4. The minimum atomic E-state index is 0. The number of rotatable bonds is 1. The lowest BCUT2D eigenvalue weighted by Crippen LogP contribution is -2.23. The molecule has 0 bridgehead atoms. The predicted molar refractivity (Wildman–Crippen MR) is 72.0 cm³/mol. The molecule has 100 valence electrons.